The average Bonchev–Trinajstić information content (AvgIpc) is 2.40. The fourth-order valence-electron chi connectivity index (χ4n) is 2.36. The molecule has 0 saturated carbocycles. The third kappa shape index (κ3) is 3.18. The zero-order valence-electron chi connectivity index (χ0n) is 10.3. The van der Waals surface area contributed by atoms with Crippen molar-refractivity contribution in [2.24, 2.45) is 0 Å². The highest BCUT2D eigenvalue weighted by Gasteiger charge is 2.29. The number of hydrogen-bond acceptors (Lipinski definition) is 2. The normalized spacial score (nSPS) is 28.9. The maximum absolute atomic E-state index is 5.79. The predicted octanol–water partition coefficient (Wildman–Crippen LogP) is 3.50. The van der Waals surface area contributed by atoms with Crippen LogP contribution in [-0.4, -0.2) is 19.0 Å². The number of rotatable bonds is 4. The van der Waals surface area contributed by atoms with Crippen molar-refractivity contribution in [1.82, 2.24) is 0 Å². The summed E-state index contributed by atoms with van der Waals surface area (Å²) in [5.41, 5.74) is 1.37. The standard InChI is InChI=1S/C15H20O2/c1-3-14-10-13(11-15(17-14)16-4-2)12-8-6-5-7-9-12/h3,5-9,13-15H,1,4,10-11H2,2H3/t13-,14+,15+/m1/s1. The fraction of sp³-hybridized carbons (Fsp3) is 0.467. The minimum atomic E-state index is -0.0954. The van der Waals surface area contributed by atoms with E-state index in [9.17, 15) is 0 Å². The Balaban J connectivity index is 2.09. The van der Waals surface area contributed by atoms with Gasteiger partial charge in [-0.15, -0.1) is 6.58 Å². The number of hydrogen-bond donors (Lipinski definition) is 0. The lowest BCUT2D eigenvalue weighted by atomic mass is 9.88. The van der Waals surface area contributed by atoms with Crippen LogP contribution in [0.3, 0.4) is 0 Å². The molecule has 0 spiro atoms. The Morgan fingerprint density at radius 2 is 2.12 bits per heavy atom. The minimum Gasteiger partial charge on any atom is -0.353 e. The summed E-state index contributed by atoms with van der Waals surface area (Å²) >= 11 is 0. The smallest absolute Gasteiger partial charge is 0.158 e. The molecular weight excluding hydrogens is 212 g/mol. The SMILES string of the molecule is C=C[C@H]1C[C@@H](c2ccccc2)C[C@@H](OCC)O1. The molecule has 0 bridgehead atoms. The van der Waals surface area contributed by atoms with Crippen molar-refractivity contribution in [1.29, 1.82) is 0 Å². The lowest BCUT2D eigenvalue weighted by Gasteiger charge is -2.34. The first-order chi connectivity index (χ1) is 8.33. The summed E-state index contributed by atoms with van der Waals surface area (Å²) in [4.78, 5) is 0. The molecule has 1 aromatic rings. The molecule has 0 aromatic heterocycles. The van der Waals surface area contributed by atoms with Gasteiger partial charge in [0.25, 0.3) is 0 Å². The van der Waals surface area contributed by atoms with Crippen LogP contribution < -0.4 is 0 Å². The molecule has 3 atom stereocenters. The highest BCUT2D eigenvalue weighted by Crippen LogP contribution is 2.33. The van der Waals surface area contributed by atoms with Gasteiger partial charge in [0.15, 0.2) is 6.29 Å². The van der Waals surface area contributed by atoms with Crippen molar-refractivity contribution in [3.63, 3.8) is 0 Å². The van der Waals surface area contributed by atoms with Gasteiger partial charge in [0.05, 0.1) is 6.10 Å². The highest BCUT2D eigenvalue weighted by molar-refractivity contribution is 5.20. The van der Waals surface area contributed by atoms with Gasteiger partial charge in [-0.1, -0.05) is 36.4 Å². The maximum Gasteiger partial charge on any atom is 0.158 e. The van der Waals surface area contributed by atoms with E-state index in [0.29, 0.717) is 12.5 Å². The van der Waals surface area contributed by atoms with Gasteiger partial charge in [0.2, 0.25) is 0 Å². The van der Waals surface area contributed by atoms with Gasteiger partial charge < -0.3 is 9.47 Å². The second-order valence-corrected chi connectivity index (χ2v) is 4.37. The average molecular weight is 232 g/mol. The first-order valence-electron chi connectivity index (χ1n) is 6.28. The summed E-state index contributed by atoms with van der Waals surface area (Å²) in [6.45, 7) is 6.52. The molecule has 2 heteroatoms. The fourth-order valence-corrected chi connectivity index (χ4v) is 2.36. The lowest BCUT2D eigenvalue weighted by Crippen LogP contribution is -2.32. The molecule has 0 N–H and O–H groups in total. The van der Waals surface area contributed by atoms with Gasteiger partial charge in [-0.3, -0.25) is 0 Å². The molecule has 17 heavy (non-hydrogen) atoms. The van der Waals surface area contributed by atoms with Crippen molar-refractivity contribution in [3.05, 3.63) is 48.6 Å². The summed E-state index contributed by atoms with van der Waals surface area (Å²) < 4.78 is 11.4. The monoisotopic (exact) mass is 232 g/mol. The topological polar surface area (TPSA) is 18.5 Å². The van der Waals surface area contributed by atoms with Crippen LogP contribution in [0.15, 0.2) is 43.0 Å². The molecule has 92 valence electrons. The molecule has 0 amide bonds. The number of ether oxygens (including phenoxy) is 2. The molecule has 2 rings (SSSR count). The van der Waals surface area contributed by atoms with Crippen LogP contribution in [0.1, 0.15) is 31.2 Å². The molecule has 2 nitrogen and oxygen atoms in total. The molecule has 0 aliphatic carbocycles. The molecule has 1 fully saturated rings. The van der Waals surface area contributed by atoms with Crippen LogP contribution in [0.4, 0.5) is 0 Å². The van der Waals surface area contributed by atoms with Gasteiger partial charge in [0.1, 0.15) is 0 Å². The van der Waals surface area contributed by atoms with Crippen LogP contribution in [0.25, 0.3) is 0 Å². The van der Waals surface area contributed by atoms with Crippen molar-refractivity contribution >= 4 is 0 Å². The predicted molar refractivity (Wildman–Crippen MR) is 68.9 cm³/mol. The lowest BCUT2D eigenvalue weighted by molar-refractivity contribution is -0.184. The van der Waals surface area contributed by atoms with Crippen LogP contribution >= 0.6 is 0 Å². The molecule has 0 unspecified atom stereocenters. The van der Waals surface area contributed by atoms with E-state index in [1.54, 1.807) is 0 Å². The Kier molecular flexibility index (Phi) is 4.35. The van der Waals surface area contributed by atoms with Crippen LogP contribution in [0.2, 0.25) is 0 Å². The quantitative estimate of drug-likeness (QED) is 0.740. The maximum atomic E-state index is 5.79. The van der Waals surface area contributed by atoms with E-state index in [2.05, 4.69) is 30.8 Å². The van der Waals surface area contributed by atoms with E-state index < -0.39 is 0 Å². The van der Waals surface area contributed by atoms with Crippen LogP contribution in [0.5, 0.6) is 0 Å². The van der Waals surface area contributed by atoms with Gasteiger partial charge in [-0.25, -0.2) is 0 Å². The van der Waals surface area contributed by atoms with Gasteiger partial charge in [-0.05, 0) is 24.8 Å². The van der Waals surface area contributed by atoms with Crippen molar-refractivity contribution in [2.75, 3.05) is 6.61 Å². The number of benzene rings is 1. The molecule has 1 aliphatic heterocycles. The van der Waals surface area contributed by atoms with Crippen LogP contribution in [0, 0.1) is 0 Å². The largest absolute Gasteiger partial charge is 0.353 e. The van der Waals surface area contributed by atoms with E-state index in [1.807, 2.05) is 19.1 Å². The Labute approximate surface area is 103 Å². The zero-order chi connectivity index (χ0) is 12.1. The van der Waals surface area contributed by atoms with E-state index in [1.165, 1.54) is 5.56 Å². The van der Waals surface area contributed by atoms with Gasteiger partial charge in [0, 0.05) is 13.0 Å². The second-order valence-electron chi connectivity index (χ2n) is 4.37. The van der Waals surface area contributed by atoms with Crippen LogP contribution in [-0.2, 0) is 9.47 Å². The van der Waals surface area contributed by atoms with Crippen molar-refractivity contribution in [2.45, 2.75) is 38.1 Å². The molecule has 1 aromatic carbocycles. The summed E-state index contributed by atoms with van der Waals surface area (Å²) in [5.74, 6) is 0.504. The van der Waals surface area contributed by atoms with Crippen molar-refractivity contribution < 1.29 is 9.47 Å². The zero-order valence-corrected chi connectivity index (χ0v) is 10.3. The van der Waals surface area contributed by atoms with E-state index in [0.717, 1.165) is 12.8 Å². The Morgan fingerprint density at radius 3 is 2.76 bits per heavy atom. The van der Waals surface area contributed by atoms with Gasteiger partial charge >= 0.3 is 0 Å². The third-order valence-electron chi connectivity index (χ3n) is 3.21. The second kappa shape index (κ2) is 5.99. The Hall–Kier alpha value is -1.12. The first kappa shape index (κ1) is 12.3. The molecule has 1 saturated heterocycles. The molecular formula is C15H20O2. The molecule has 1 heterocycles. The Morgan fingerprint density at radius 1 is 1.35 bits per heavy atom. The summed E-state index contributed by atoms with van der Waals surface area (Å²) in [6.07, 6.45) is 3.81. The first-order valence-corrected chi connectivity index (χ1v) is 6.28. The van der Waals surface area contributed by atoms with E-state index in [-0.39, 0.29) is 12.4 Å². The summed E-state index contributed by atoms with van der Waals surface area (Å²) in [7, 11) is 0. The third-order valence-corrected chi connectivity index (χ3v) is 3.21. The molecule has 1 aliphatic rings. The van der Waals surface area contributed by atoms with E-state index in [4.69, 9.17) is 9.47 Å². The van der Waals surface area contributed by atoms with Crippen molar-refractivity contribution in [3.8, 4) is 0 Å². The van der Waals surface area contributed by atoms with E-state index >= 15 is 0 Å². The highest BCUT2D eigenvalue weighted by atomic mass is 16.7. The van der Waals surface area contributed by atoms with Gasteiger partial charge in [-0.2, -0.15) is 0 Å². The minimum absolute atomic E-state index is 0.0954. The molecule has 0 radical (unpaired) electrons. The summed E-state index contributed by atoms with van der Waals surface area (Å²) in [5, 5.41) is 0. The Bertz CT molecular complexity index is 347. The summed E-state index contributed by atoms with van der Waals surface area (Å²) in [6, 6.07) is 10.6.